The fourth-order valence-electron chi connectivity index (χ4n) is 4.67. The number of aliphatic carboxylic acids is 1. The van der Waals surface area contributed by atoms with Crippen LogP contribution in [0.25, 0.3) is 21.6 Å². The summed E-state index contributed by atoms with van der Waals surface area (Å²) in [6.45, 7) is 3.78. The van der Waals surface area contributed by atoms with Crippen LogP contribution in [0.2, 0.25) is 0 Å². The normalized spacial score (nSPS) is 13.9. The summed E-state index contributed by atoms with van der Waals surface area (Å²) in [5, 5.41) is 13.3. The van der Waals surface area contributed by atoms with Crippen molar-refractivity contribution in [2.45, 2.75) is 51.2 Å². The third kappa shape index (κ3) is 6.22. The zero-order valence-electron chi connectivity index (χ0n) is 21.1. The van der Waals surface area contributed by atoms with Crippen LogP contribution in [-0.2, 0) is 16.9 Å². The molecular formula is C29H30FN3O4. The number of benzene rings is 3. The van der Waals surface area contributed by atoms with Crippen LogP contribution in [0.3, 0.4) is 0 Å². The van der Waals surface area contributed by atoms with Crippen molar-refractivity contribution in [3.8, 4) is 22.6 Å². The van der Waals surface area contributed by atoms with Crippen LogP contribution < -0.4 is 9.47 Å². The van der Waals surface area contributed by atoms with Crippen molar-refractivity contribution >= 4 is 5.97 Å². The van der Waals surface area contributed by atoms with E-state index in [2.05, 4.69) is 10.0 Å². The van der Waals surface area contributed by atoms with Gasteiger partial charge in [0, 0.05) is 10.5 Å². The van der Waals surface area contributed by atoms with Crippen LogP contribution in [0.5, 0.6) is 11.5 Å². The Balaban J connectivity index is 1.63. The maximum atomic E-state index is 14.8. The minimum atomic E-state index is -0.955. The molecular weight excluding hydrogens is 473 g/mol. The molecule has 192 valence electrons. The summed E-state index contributed by atoms with van der Waals surface area (Å²) >= 11 is 0. The summed E-state index contributed by atoms with van der Waals surface area (Å²) in [7, 11) is 1.52. The van der Waals surface area contributed by atoms with Gasteiger partial charge in [0.15, 0.2) is 0 Å². The van der Waals surface area contributed by atoms with E-state index in [1.807, 2.05) is 36.4 Å². The highest BCUT2D eigenvalue weighted by Gasteiger charge is 2.34. The first-order chi connectivity index (χ1) is 17.7. The lowest BCUT2D eigenvalue weighted by Crippen LogP contribution is -2.15. The molecule has 1 N–H and O–H groups in total. The fraction of sp³-hybridized carbons (Fsp3) is 0.345. The highest BCUT2D eigenvalue weighted by molar-refractivity contribution is 5.71. The zero-order valence-corrected chi connectivity index (χ0v) is 21.1. The minimum Gasteiger partial charge on any atom is -0.497 e. The molecule has 3 aromatic carbocycles. The summed E-state index contributed by atoms with van der Waals surface area (Å²) in [5.41, 5.74) is 11.6. The van der Waals surface area contributed by atoms with Crippen molar-refractivity contribution in [3.05, 3.63) is 93.6 Å². The number of carbonyl (C=O) groups is 1. The van der Waals surface area contributed by atoms with E-state index in [0.29, 0.717) is 34.1 Å². The number of azide groups is 1. The van der Waals surface area contributed by atoms with Crippen LogP contribution in [0, 0.1) is 11.7 Å². The van der Waals surface area contributed by atoms with E-state index in [9.17, 15) is 14.3 Å². The lowest BCUT2D eigenvalue weighted by Gasteiger charge is -2.24. The predicted molar refractivity (Wildman–Crippen MR) is 139 cm³/mol. The third-order valence-electron chi connectivity index (χ3n) is 6.78. The van der Waals surface area contributed by atoms with Crippen molar-refractivity contribution in [1.29, 1.82) is 0 Å². The molecule has 1 fully saturated rings. The molecule has 0 spiro atoms. The highest BCUT2D eigenvalue weighted by atomic mass is 19.1. The van der Waals surface area contributed by atoms with E-state index in [0.717, 1.165) is 24.0 Å². The number of ether oxygens (including phenoxy) is 2. The van der Waals surface area contributed by atoms with Crippen LogP contribution in [0.15, 0.2) is 65.8 Å². The number of hydrogen-bond donors (Lipinski definition) is 1. The first-order valence-electron chi connectivity index (χ1n) is 12.2. The summed E-state index contributed by atoms with van der Waals surface area (Å²) in [4.78, 5) is 14.4. The van der Waals surface area contributed by atoms with Crippen LogP contribution in [0.1, 0.15) is 55.7 Å². The Labute approximate surface area is 215 Å². The van der Waals surface area contributed by atoms with Gasteiger partial charge in [-0.3, -0.25) is 4.79 Å². The summed E-state index contributed by atoms with van der Waals surface area (Å²) in [6.07, 6.45) is 2.20. The molecule has 0 aromatic heterocycles. The van der Waals surface area contributed by atoms with Crippen molar-refractivity contribution in [2.75, 3.05) is 7.11 Å². The second-order valence-electron chi connectivity index (χ2n) is 9.88. The van der Waals surface area contributed by atoms with Gasteiger partial charge < -0.3 is 14.6 Å². The molecule has 37 heavy (non-hydrogen) atoms. The molecule has 0 heterocycles. The summed E-state index contributed by atoms with van der Waals surface area (Å²) in [6, 6.07) is 17.6. The lowest BCUT2D eigenvalue weighted by atomic mass is 9.86. The highest BCUT2D eigenvalue weighted by Crippen LogP contribution is 2.45. The third-order valence-corrected chi connectivity index (χ3v) is 6.78. The average Bonchev–Trinajstić information content (AvgIpc) is 3.72. The molecule has 1 atom stereocenters. The Morgan fingerprint density at radius 3 is 2.59 bits per heavy atom. The molecule has 0 bridgehead atoms. The van der Waals surface area contributed by atoms with Crippen LogP contribution in [0.4, 0.5) is 4.39 Å². The van der Waals surface area contributed by atoms with Gasteiger partial charge in [0.2, 0.25) is 0 Å². The van der Waals surface area contributed by atoms with E-state index < -0.39 is 17.3 Å². The number of carboxylic acids is 1. The predicted octanol–water partition coefficient (Wildman–Crippen LogP) is 7.59. The Kier molecular flexibility index (Phi) is 7.69. The standard InChI is InChI=1S/C29H30FN3O4/c1-29(2,32-33-31)26-13-18(7-11-23(26)25-15-21(36-3)10-12-27(25)30)17-37-22-6-4-5-20(14-22)24(16-28(34)35)19-8-9-19/h4-7,10-15,19,24H,8-9,16-17H2,1-3H3,(H,34,35). The number of halogens is 1. The molecule has 8 heteroatoms. The summed E-state index contributed by atoms with van der Waals surface area (Å²) in [5.74, 6) is 0.337. The second kappa shape index (κ2) is 10.9. The largest absolute Gasteiger partial charge is 0.497 e. The molecule has 1 saturated carbocycles. The lowest BCUT2D eigenvalue weighted by molar-refractivity contribution is -0.137. The van der Waals surface area contributed by atoms with E-state index in [-0.39, 0.29) is 18.9 Å². The van der Waals surface area contributed by atoms with E-state index >= 15 is 0 Å². The van der Waals surface area contributed by atoms with Gasteiger partial charge in [-0.05, 0) is 82.8 Å². The van der Waals surface area contributed by atoms with Gasteiger partial charge in [0.1, 0.15) is 23.9 Å². The molecule has 0 saturated heterocycles. The maximum absolute atomic E-state index is 14.8. The zero-order chi connectivity index (χ0) is 26.6. The molecule has 3 aromatic rings. The topological polar surface area (TPSA) is 105 Å². The van der Waals surface area contributed by atoms with Gasteiger partial charge in [0.05, 0.1) is 19.1 Å². The first kappa shape index (κ1) is 26.0. The average molecular weight is 504 g/mol. The van der Waals surface area contributed by atoms with Crippen molar-refractivity contribution in [1.82, 2.24) is 0 Å². The van der Waals surface area contributed by atoms with E-state index in [1.54, 1.807) is 32.0 Å². The summed E-state index contributed by atoms with van der Waals surface area (Å²) < 4.78 is 26.2. The van der Waals surface area contributed by atoms with Crippen LogP contribution >= 0.6 is 0 Å². The van der Waals surface area contributed by atoms with Gasteiger partial charge in [-0.25, -0.2) is 4.39 Å². The molecule has 0 aliphatic heterocycles. The van der Waals surface area contributed by atoms with E-state index in [1.165, 1.54) is 13.2 Å². The number of hydrogen-bond acceptors (Lipinski definition) is 4. The molecule has 4 rings (SSSR count). The minimum absolute atomic E-state index is 0.0191. The number of nitrogens with zero attached hydrogens (tertiary/aromatic N) is 3. The smallest absolute Gasteiger partial charge is 0.303 e. The number of rotatable bonds is 11. The Bertz CT molecular complexity index is 1350. The van der Waals surface area contributed by atoms with Gasteiger partial charge >= 0.3 is 5.97 Å². The molecule has 1 aliphatic rings. The van der Waals surface area contributed by atoms with Gasteiger partial charge in [0.25, 0.3) is 0 Å². The molecule has 0 amide bonds. The van der Waals surface area contributed by atoms with Gasteiger partial charge in [-0.15, -0.1) is 0 Å². The quantitative estimate of drug-likeness (QED) is 0.165. The second-order valence-corrected chi connectivity index (χ2v) is 9.88. The molecule has 1 aliphatic carbocycles. The molecule has 0 radical (unpaired) electrons. The first-order valence-corrected chi connectivity index (χ1v) is 12.2. The monoisotopic (exact) mass is 503 g/mol. The fourth-order valence-corrected chi connectivity index (χ4v) is 4.67. The van der Waals surface area contributed by atoms with Crippen molar-refractivity contribution in [3.63, 3.8) is 0 Å². The van der Waals surface area contributed by atoms with Crippen molar-refractivity contribution < 1.29 is 23.8 Å². The Morgan fingerprint density at radius 1 is 1.14 bits per heavy atom. The number of methoxy groups -OCH3 is 1. The van der Waals surface area contributed by atoms with Crippen LogP contribution in [-0.4, -0.2) is 18.2 Å². The van der Waals surface area contributed by atoms with Gasteiger partial charge in [-0.1, -0.05) is 49.3 Å². The Hall–Kier alpha value is -4.03. The Morgan fingerprint density at radius 2 is 1.92 bits per heavy atom. The van der Waals surface area contributed by atoms with Gasteiger partial charge in [-0.2, -0.15) is 0 Å². The number of carboxylic acid groups (broad SMARTS) is 1. The van der Waals surface area contributed by atoms with E-state index in [4.69, 9.17) is 15.0 Å². The maximum Gasteiger partial charge on any atom is 0.303 e. The molecule has 1 unspecified atom stereocenters. The molecule has 7 nitrogen and oxygen atoms in total. The van der Waals surface area contributed by atoms with Crippen molar-refractivity contribution in [2.24, 2.45) is 11.0 Å². The SMILES string of the molecule is COc1ccc(F)c(-c2ccc(COc3cccc(C(CC(=O)O)C4CC4)c3)cc2C(C)(C)N=[N+]=[N-])c1.